The lowest BCUT2D eigenvalue weighted by Crippen LogP contribution is -2.44. The molecule has 22 heavy (non-hydrogen) atoms. The molecule has 0 bridgehead atoms. The van der Waals surface area contributed by atoms with Crippen molar-refractivity contribution in [3.8, 4) is 0 Å². The zero-order valence-electron chi connectivity index (χ0n) is 11.5. The maximum atomic E-state index is 11.5. The third-order valence-electron chi connectivity index (χ3n) is 3.77. The van der Waals surface area contributed by atoms with Gasteiger partial charge in [0, 0.05) is 36.5 Å². The first-order chi connectivity index (χ1) is 10.4. The highest BCUT2D eigenvalue weighted by molar-refractivity contribution is 7.87. The van der Waals surface area contributed by atoms with E-state index in [0.29, 0.717) is 24.7 Å². The van der Waals surface area contributed by atoms with E-state index in [2.05, 4.69) is 20.0 Å². The van der Waals surface area contributed by atoms with Gasteiger partial charge >= 0.3 is 0 Å². The smallest absolute Gasteiger partial charge is 0.274 e. The predicted molar refractivity (Wildman–Crippen MR) is 80.8 cm³/mol. The van der Waals surface area contributed by atoms with Crippen molar-refractivity contribution in [2.24, 2.45) is 11.1 Å². The van der Waals surface area contributed by atoms with Gasteiger partial charge < -0.3 is 10.2 Å². The highest BCUT2D eigenvalue weighted by atomic mass is 35.5. The van der Waals surface area contributed by atoms with Crippen molar-refractivity contribution in [3.63, 3.8) is 0 Å². The Kier molecular flexibility index (Phi) is 3.93. The minimum atomic E-state index is -3.81. The van der Waals surface area contributed by atoms with Gasteiger partial charge in [0.1, 0.15) is 18.0 Å². The van der Waals surface area contributed by atoms with Crippen LogP contribution in [0.4, 0.5) is 11.6 Å². The highest BCUT2D eigenvalue weighted by Gasteiger charge is 2.37. The number of nitrogens with zero attached hydrogens (tertiary/aromatic N) is 3. The number of alkyl halides is 1. The van der Waals surface area contributed by atoms with Crippen LogP contribution in [0.15, 0.2) is 6.33 Å². The summed E-state index contributed by atoms with van der Waals surface area (Å²) in [5, 5.41) is 7.71. The Bertz CT molecular complexity index is 712. The number of anilines is 2. The van der Waals surface area contributed by atoms with Crippen molar-refractivity contribution in [1.29, 1.82) is 0 Å². The fourth-order valence-corrected chi connectivity index (χ4v) is 3.83. The van der Waals surface area contributed by atoms with Gasteiger partial charge in [0.15, 0.2) is 0 Å². The number of amides is 1. The van der Waals surface area contributed by atoms with E-state index in [1.54, 1.807) is 0 Å². The van der Waals surface area contributed by atoms with E-state index >= 15 is 0 Å². The van der Waals surface area contributed by atoms with Crippen molar-refractivity contribution in [2.45, 2.75) is 12.5 Å². The molecule has 0 aromatic carbocycles. The zero-order chi connectivity index (χ0) is 15.9. The largest absolute Gasteiger partial charge is 0.354 e. The minimum Gasteiger partial charge on any atom is -0.354 e. The maximum Gasteiger partial charge on any atom is 0.274 e. The first-order valence-electron chi connectivity index (χ1n) is 6.62. The normalized spacial score (nSPS) is 24.5. The molecule has 3 rings (SSSR count). The Morgan fingerprint density at radius 3 is 2.91 bits per heavy atom. The minimum absolute atomic E-state index is 0.101. The average Bonchev–Trinajstić information content (AvgIpc) is 2.98. The van der Waals surface area contributed by atoms with Crippen molar-refractivity contribution in [1.82, 2.24) is 14.7 Å². The molecule has 11 heteroatoms. The summed E-state index contributed by atoms with van der Waals surface area (Å²) in [6, 6.07) is -0.400. The average molecular weight is 347 g/mol. The van der Waals surface area contributed by atoms with Gasteiger partial charge in [-0.2, -0.15) is 13.1 Å². The number of fused-ring (bicyclic) bond motifs is 1. The molecule has 1 amide bonds. The van der Waals surface area contributed by atoms with E-state index in [1.807, 2.05) is 4.90 Å². The van der Waals surface area contributed by atoms with Crippen LogP contribution in [-0.4, -0.2) is 49.3 Å². The third-order valence-corrected chi connectivity index (χ3v) is 4.80. The van der Waals surface area contributed by atoms with Crippen LogP contribution >= 0.6 is 11.6 Å². The summed E-state index contributed by atoms with van der Waals surface area (Å²) < 4.78 is 24.9. The van der Waals surface area contributed by atoms with Crippen molar-refractivity contribution < 1.29 is 13.2 Å². The van der Waals surface area contributed by atoms with Crippen LogP contribution in [0.25, 0.3) is 0 Å². The van der Waals surface area contributed by atoms with Gasteiger partial charge in [0.05, 0.1) is 6.42 Å². The molecule has 3 heterocycles. The molecule has 0 aliphatic carbocycles. The van der Waals surface area contributed by atoms with E-state index < -0.39 is 16.3 Å². The number of halogens is 1. The molecule has 1 aromatic rings. The molecule has 1 fully saturated rings. The van der Waals surface area contributed by atoms with Crippen LogP contribution in [0.1, 0.15) is 5.56 Å². The second kappa shape index (κ2) is 5.61. The summed E-state index contributed by atoms with van der Waals surface area (Å²) in [4.78, 5) is 21.7. The number of carbonyl (C=O) groups is 1. The fourth-order valence-electron chi connectivity index (χ4n) is 2.83. The molecule has 0 spiro atoms. The molecule has 2 aliphatic rings. The topological polar surface area (TPSA) is 130 Å². The van der Waals surface area contributed by atoms with Gasteiger partial charge in [-0.15, -0.1) is 11.6 Å². The molecular formula is C11H15ClN6O3S. The summed E-state index contributed by atoms with van der Waals surface area (Å²) >= 11 is 5.92. The molecule has 0 radical (unpaired) electrons. The van der Waals surface area contributed by atoms with E-state index in [9.17, 15) is 13.2 Å². The molecular weight excluding hydrogens is 332 g/mol. The van der Waals surface area contributed by atoms with E-state index in [4.69, 9.17) is 16.7 Å². The molecule has 2 aliphatic heterocycles. The van der Waals surface area contributed by atoms with Gasteiger partial charge in [0.2, 0.25) is 5.91 Å². The monoisotopic (exact) mass is 346 g/mol. The highest BCUT2D eigenvalue weighted by Crippen LogP contribution is 2.32. The van der Waals surface area contributed by atoms with Gasteiger partial charge in [-0.05, 0) is 0 Å². The van der Waals surface area contributed by atoms with Crippen molar-refractivity contribution >= 4 is 39.4 Å². The van der Waals surface area contributed by atoms with Crippen LogP contribution in [0.2, 0.25) is 0 Å². The summed E-state index contributed by atoms with van der Waals surface area (Å²) in [5.41, 5.74) is 0.720. The Morgan fingerprint density at radius 1 is 1.45 bits per heavy atom. The van der Waals surface area contributed by atoms with Crippen LogP contribution in [-0.2, 0) is 21.4 Å². The standard InChI is InChI=1S/C11H15ClN6O3S/c12-2-6-3-18(4-8(6)17-22(13,20)21)11-7-1-9(19)16-10(7)14-5-15-11/h5-6,8,17H,1-4H2,(H2,13,20,21)(H,14,15,16,19). The summed E-state index contributed by atoms with van der Waals surface area (Å²) in [6.45, 7) is 0.903. The predicted octanol–water partition coefficient (Wildman–Crippen LogP) is -1.19. The Morgan fingerprint density at radius 2 is 2.23 bits per heavy atom. The number of hydrogen-bond donors (Lipinski definition) is 3. The van der Waals surface area contributed by atoms with E-state index in [-0.39, 0.29) is 24.1 Å². The molecule has 9 nitrogen and oxygen atoms in total. The lowest BCUT2D eigenvalue weighted by Gasteiger charge is -2.19. The molecule has 0 saturated carbocycles. The van der Waals surface area contributed by atoms with Gasteiger partial charge in [-0.1, -0.05) is 0 Å². The molecule has 4 N–H and O–H groups in total. The van der Waals surface area contributed by atoms with E-state index in [1.165, 1.54) is 6.33 Å². The summed E-state index contributed by atoms with van der Waals surface area (Å²) in [5.74, 6) is 1.17. The molecule has 1 saturated heterocycles. The third kappa shape index (κ3) is 3.00. The molecule has 120 valence electrons. The Balaban J connectivity index is 1.86. The number of nitrogens with two attached hydrogens (primary N) is 1. The summed E-state index contributed by atoms with van der Waals surface area (Å²) in [7, 11) is -3.81. The second-order valence-corrected chi connectivity index (χ2v) is 6.97. The van der Waals surface area contributed by atoms with Gasteiger partial charge in [-0.25, -0.2) is 15.1 Å². The number of nitrogens with one attached hydrogen (secondary N) is 2. The first kappa shape index (κ1) is 15.4. The second-order valence-electron chi connectivity index (χ2n) is 5.34. The summed E-state index contributed by atoms with van der Waals surface area (Å²) in [6.07, 6.45) is 1.58. The van der Waals surface area contributed by atoms with Crippen LogP contribution in [0.5, 0.6) is 0 Å². The zero-order valence-corrected chi connectivity index (χ0v) is 13.1. The first-order valence-corrected chi connectivity index (χ1v) is 8.70. The maximum absolute atomic E-state index is 11.5. The van der Waals surface area contributed by atoms with Crippen molar-refractivity contribution in [3.05, 3.63) is 11.9 Å². The molecule has 2 atom stereocenters. The van der Waals surface area contributed by atoms with Gasteiger partial charge in [-0.3, -0.25) is 4.79 Å². The van der Waals surface area contributed by atoms with Crippen LogP contribution < -0.4 is 20.1 Å². The number of carbonyl (C=O) groups excluding carboxylic acids is 1. The fraction of sp³-hybridized carbons (Fsp3) is 0.545. The number of hydrogen-bond acceptors (Lipinski definition) is 6. The SMILES string of the molecule is NS(=O)(=O)NC1CN(c2ncnc3c2CC(=O)N3)CC1CCl. The van der Waals surface area contributed by atoms with Crippen LogP contribution in [0, 0.1) is 5.92 Å². The Labute approximate surface area is 132 Å². The number of rotatable bonds is 4. The molecule has 1 aromatic heterocycles. The number of aromatic nitrogens is 2. The lowest BCUT2D eigenvalue weighted by molar-refractivity contribution is -0.115. The van der Waals surface area contributed by atoms with E-state index in [0.717, 1.165) is 5.56 Å². The molecule has 2 unspecified atom stereocenters. The van der Waals surface area contributed by atoms with Crippen LogP contribution in [0.3, 0.4) is 0 Å². The lowest BCUT2D eigenvalue weighted by atomic mass is 10.1. The van der Waals surface area contributed by atoms with Gasteiger partial charge in [0.25, 0.3) is 10.2 Å². The van der Waals surface area contributed by atoms with Crippen molar-refractivity contribution in [2.75, 3.05) is 29.2 Å². The quantitative estimate of drug-likeness (QED) is 0.587. The Hall–Kier alpha value is -1.49.